The monoisotopic (exact) mass is 220 g/mol. The van der Waals surface area contributed by atoms with Crippen molar-refractivity contribution in [3.63, 3.8) is 0 Å². The zero-order valence-corrected chi connectivity index (χ0v) is 8.31. The van der Waals surface area contributed by atoms with Crippen molar-refractivity contribution in [2.75, 3.05) is 0 Å². The first kappa shape index (κ1) is 10.4. The van der Waals surface area contributed by atoms with Crippen LogP contribution in [-0.4, -0.2) is 10.9 Å². The molecule has 0 aliphatic heterocycles. The molecule has 0 saturated carbocycles. The van der Waals surface area contributed by atoms with Gasteiger partial charge in [-0.3, -0.25) is 4.79 Å². The average molecular weight is 220 g/mol. The molecule has 5 heteroatoms. The van der Waals surface area contributed by atoms with Crippen molar-refractivity contribution < 1.29 is 13.6 Å². The topological polar surface area (TPSA) is 69.1 Å². The summed E-state index contributed by atoms with van der Waals surface area (Å²) in [7, 11) is 0. The number of hydrogen-bond acceptors (Lipinski definition) is 3. The minimum atomic E-state index is -0.630. The van der Waals surface area contributed by atoms with Crippen molar-refractivity contribution in [3.8, 4) is 0 Å². The fourth-order valence-electron chi connectivity index (χ4n) is 1.28. The van der Waals surface area contributed by atoms with E-state index in [-0.39, 0.29) is 11.5 Å². The van der Waals surface area contributed by atoms with Crippen LogP contribution >= 0.6 is 0 Å². The number of nitrogens with zero attached hydrogens (tertiary/aromatic N) is 1. The predicted molar refractivity (Wildman–Crippen MR) is 54.2 cm³/mol. The Hall–Kier alpha value is -2.17. The number of carbonyl (C=O) groups excluding carboxylic acids is 1. The maximum atomic E-state index is 12.6. The summed E-state index contributed by atoms with van der Waals surface area (Å²) in [5.74, 6) is -0.552. The highest BCUT2D eigenvalue weighted by Crippen LogP contribution is 2.10. The molecule has 1 amide bonds. The lowest BCUT2D eigenvalue weighted by atomic mass is 10.1. The standard InChI is InChI=1S/C11H9FN2O2/c12-8-3-1-7(2-4-8)5-10-14-9(6-16-10)11(13)15/h1-4,6H,5H2,(H2,13,15). The van der Waals surface area contributed by atoms with Crippen molar-refractivity contribution in [3.05, 3.63) is 53.5 Å². The Morgan fingerprint density at radius 3 is 2.62 bits per heavy atom. The number of halogens is 1. The van der Waals surface area contributed by atoms with Crippen LogP contribution in [0.4, 0.5) is 4.39 Å². The summed E-state index contributed by atoms with van der Waals surface area (Å²) in [6.07, 6.45) is 1.61. The minimum Gasteiger partial charge on any atom is -0.448 e. The van der Waals surface area contributed by atoms with E-state index in [4.69, 9.17) is 10.2 Å². The molecule has 82 valence electrons. The van der Waals surface area contributed by atoms with Crippen LogP contribution in [0.3, 0.4) is 0 Å². The first-order valence-electron chi connectivity index (χ1n) is 4.64. The smallest absolute Gasteiger partial charge is 0.270 e. The van der Waals surface area contributed by atoms with E-state index in [1.807, 2.05) is 0 Å². The second-order valence-electron chi connectivity index (χ2n) is 3.29. The Kier molecular flexibility index (Phi) is 2.68. The number of nitrogens with two attached hydrogens (primary N) is 1. The highest BCUT2D eigenvalue weighted by atomic mass is 19.1. The van der Waals surface area contributed by atoms with E-state index in [9.17, 15) is 9.18 Å². The van der Waals surface area contributed by atoms with Crippen LogP contribution in [0.2, 0.25) is 0 Å². The third-order valence-corrected chi connectivity index (χ3v) is 2.07. The van der Waals surface area contributed by atoms with Gasteiger partial charge in [-0.05, 0) is 17.7 Å². The summed E-state index contributed by atoms with van der Waals surface area (Å²) in [5.41, 5.74) is 5.97. The third-order valence-electron chi connectivity index (χ3n) is 2.07. The van der Waals surface area contributed by atoms with E-state index < -0.39 is 5.91 Å². The lowest BCUT2D eigenvalue weighted by Gasteiger charge is -1.96. The molecule has 2 rings (SSSR count). The first-order chi connectivity index (χ1) is 7.65. The van der Waals surface area contributed by atoms with Crippen molar-refractivity contribution >= 4 is 5.91 Å². The Labute approximate surface area is 90.9 Å². The van der Waals surface area contributed by atoms with Gasteiger partial charge in [-0.25, -0.2) is 9.37 Å². The van der Waals surface area contributed by atoms with Crippen molar-refractivity contribution in [1.82, 2.24) is 4.98 Å². The van der Waals surface area contributed by atoms with Gasteiger partial charge in [-0.2, -0.15) is 0 Å². The molecule has 1 heterocycles. The highest BCUT2D eigenvalue weighted by molar-refractivity contribution is 5.90. The predicted octanol–water partition coefficient (Wildman–Crippen LogP) is 1.50. The van der Waals surface area contributed by atoms with Crippen LogP contribution in [0.25, 0.3) is 0 Å². The van der Waals surface area contributed by atoms with Gasteiger partial charge in [0.25, 0.3) is 5.91 Å². The molecule has 0 fully saturated rings. The van der Waals surface area contributed by atoms with Gasteiger partial charge < -0.3 is 10.2 Å². The van der Waals surface area contributed by atoms with Gasteiger partial charge >= 0.3 is 0 Å². The SMILES string of the molecule is NC(=O)c1coc(Cc2ccc(F)cc2)n1. The Balaban J connectivity index is 2.14. The third kappa shape index (κ3) is 2.25. The zero-order chi connectivity index (χ0) is 11.5. The lowest BCUT2D eigenvalue weighted by Crippen LogP contribution is -2.11. The summed E-state index contributed by atoms with van der Waals surface area (Å²) in [6.45, 7) is 0. The fraction of sp³-hybridized carbons (Fsp3) is 0.0909. The molecule has 0 radical (unpaired) electrons. The van der Waals surface area contributed by atoms with Gasteiger partial charge in [0, 0.05) is 6.42 Å². The molecule has 0 unspecified atom stereocenters. The molecule has 4 nitrogen and oxygen atoms in total. The van der Waals surface area contributed by atoms with E-state index in [0.29, 0.717) is 12.3 Å². The summed E-state index contributed by atoms with van der Waals surface area (Å²) >= 11 is 0. The van der Waals surface area contributed by atoms with Crippen LogP contribution in [0, 0.1) is 5.82 Å². The van der Waals surface area contributed by atoms with Crippen molar-refractivity contribution in [1.29, 1.82) is 0 Å². The van der Waals surface area contributed by atoms with Crippen LogP contribution < -0.4 is 5.73 Å². The first-order valence-corrected chi connectivity index (χ1v) is 4.64. The van der Waals surface area contributed by atoms with Gasteiger partial charge in [0.15, 0.2) is 11.6 Å². The molecule has 0 spiro atoms. The van der Waals surface area contributed by atoms with Gasteiger partial charge in [0.2, 0.25) is 0 Å². The van der Waals surface area contributed by atoms with Gasteiger partial charge in [0.05, 0.1) is 0 Å². The van der Waals surface area contributed by atoms with Crippen molar-refractivity contribution in [2.45, 2.75) is 6.42 Å². The number of oxazole rings is 1. The van der Waals surface area contributed by atoms with E-state index in [2.05, 4.69) is 4.98 Å². The van der Waals surface area contributed by atoms with E-state index in [0.717, 1.165) is 5.56 Å². The lowest BCUT2D eigenvalue weighted by molar-refractivity contribution is 0.0995. The maximum absolute atomic E-state index is 12.6. The molecular formula is C11H9FN2O2. The summed E-state index contributed by atoms with van der Waals surface area (Å²) in [4.78, 5) is 14.7. The maximum Gasteiger partial charge on any atom is 0.270 e. The van der Waals surface area contributed by atoms with E-state index >= 15 is 0 Å². The average Bonchev–Trinajstić information content (AvgIpc) is 2.70. The quantitative estimate of drug-likeness (QED) is 0.852. The fourth-order valence-corrected chi connectivity index (χ4v) is 1.28. The van der Waals surface area contributed by atoms with Crippen LogP contribution in [0.5, 0.6) is 0 Å². The van der Waals surface area contributed by atoms with E-state index in [1.165, 1.54) is 18.4 Å². The normalized spacial score (nSPS) is 10.3. The molecule has 0 atom stereocenters. The second-order valence-corrected chi connectivity index (χ2v) is 3.29. The Morgan fingerprint density at radius 1 is 1.38 bits per heavy atom. The number of primary amides is 1. The van der Waals surface area contributed by atoms with Crippen LogP contribution in [0.1, 0.15) is 21.9 Å². The van der Waals surface area contributed by atoms with Crippen LogP contribution in [0.15, 0.2) is 34.9 Å². The number of amides is 1. The molecule has 1 aromatic heterocycles. The van der Waals surface area contributed by atoms with Crippen molar-refractivity contribution in [2.24, 2.45) is 5.73 Å². The molecule has 0 saturated heterocycles. The second kappa shape index (κ2) is 4.14. The van der Waals surface area contributed by atoms with Gasteiger partial charge in [-0.1, -0.05) is 12.1 Å². The number of aromatic nitrogens is 1. The van der Waals surface area contributed by atoms with Crippen LogP contribution in [-0.2, 0) is 6.42 Å². The number of hydrogen-bond donors (Lipinski definition) is 1. The number of rotatable bonds is 3. The summed E-state index contributed by atoms with van der Waals surface area (Å²) in [6, 6.07) is 5.97. The largest absolute Gasteiger partial charge is 0.448 e. The zero-order valence-electron chi connectivity index (χ0n) is 8.31. The summed E-state index contributed by atoms with van der Waals surface area (Å²) in [5, 5.41) is 0. The molecule has 1 aromatic carbocycles. The molecule has 0 aliphatic carbocycles. The number of benzene rings is 1. The molecule has 2 aromatic rings. The molecule has 0 bridgehead atoms. The minimum absolute atomic E-state index is 0.0945. The molecule has 16 heavy (non-hydrogen) atoms. The van der Waals surface area contributed by atoms with Gasteiger partial charge in [-0.15, -0.1) is 0 Å². The molecular weight excluding hydrogens is 211 g/mol. The van der Waals surface area contributed by atoms with Gasteiger partial charge in [0.1, 0.15) is 12.1 Å². The Morgan fingerprint density at radius 2 is 2.06 bits per heavy atom. The highest BCUT2D eigenvalue weighted by Gasteiger charge is 2.08. The molecule has 0 aliphatic rings. The van der Waals surface area contributed by atoms with E-state index in [1.54, 1.807) is 12.1 Å². The molecule has 2 N–H and O–H groups in total. The number of carbonyl (C=O) groups is 1. The summed E-state index contributed by atoms with van der Waals surface area (Å²) < 4.78 is 17.7. The Bertz CT molecular complexity index is 505.